The zero-order valence-corrected chi connectivity index (χ0v) is 19.2. The van der Waals surface area contributed by atoms with Crippen molar-refractivity contribution in [2.75, 3.05) is 5.43 Å². The van der Waals surface area contributed by atoms with Crippen molar-refractivity contribution >= 4 is 52.1 Å². The van der Waals surface area contributed by atoms with E-state index in [9.17, 15) is 18.0 Å². The van der Waals surface area contributed by atoms with Crippen molar-refractivity contribution in [3.63, 3.8) is 0 Å². The van der Waals surface area contributed by atoms with E-state index in [4.69, 9.17) is 39.6 Å². The van der Waals surface area contributed by atoms with Crippen LogP contribution in [-0.2, 0) is 10.4 Å². The summed E-state index contributed by atoms with van der Waals surface area (Å²) in [6.07, 6.45) is -2.53. The number of rotatable bonds is 5. The minimum atomic E-state index is -4.82. The molecule has 4 rings (SSSR count). The first kappa shape index (κ1) is 24.1. The lowest BCUT2D eigenvalue weighted by Gasteiger charge is -2.29. The van der Waals surface area contributed by atoms with Crippen LogP contribution >= 0.6 is 34.8 Å². The molecule has 1 unspecified atom stereocenters. The van der Waals surface area contributed by atoms with Gasteiger partial charge in [-0.25, -0.2) is 0 Å². The van der Waals surface area contributed by atoms with Crippen LogP contribution < -0.4 is 10.9 Å². The fourth-order valence-corrected chi connectivity index (χ4v) is 4.04. The number of oxime groups is 1. The molecule has 2 aromatic carbocycles. The fourth-order valence-electron chi connectivity index (χ4n) is 3.35. The topological polar surface area (TPSA) is 75.6 Å². The molecule has 1 amide bonds. The average Bonchev–Trinajstić information content (AvgIpc) is 3.25. The van der Waals surface area contributed by atoms with Crippen LogP contribution in [0.1, 0.15) is 27.9 Å². The van der Waals surface area contributed by atoms with E-state index in [-0.39, 0.29) is 32.0 Å². The number of nitrogens with zero attached hydrogens (tertiary/aromatic N) is 2. The summed E-state index contributed by atoms with van der Waals surface area (Å²) >= 11 is 18.0. The van der Waals surface area contributed by atoms with E-state index in [2.05, 4.69) is 21.0 Å². The highest BCUT2D eigenvalue weighted by atomic mass is 35.5. The standard InChI is InChI=1S/C22H14Cl3F3N4O2/c23-15-8-14(9-16(24)10-15)21(22(26,27)28)11-19(32-34-21)13-1-2-17(25)18(7-13)30-31-20(33)12-3-5-29-6-4-12/h1-10,30H,11H2,(H,31,33). The molecular weight excluding hydrogens is 516 g/mol. The third-order valence-electron chi connectivity index (χ3n) is 5.07. The molecule has 0 spiro atoms. The van der Waals surface area contributed by atoms with Gasteiger partial charge in [-0.2, -0.15) is 13.2 Å². The number of nitrogens with one attached hydrogen (secondary N) is 2. The van der Waals surface area contributed by atoms with E-state index >= 15 is 0 Å². The van der Waals surface area contributed by atoms with E-state index in [1.54, 1.807) is 0 Å². The maximum atomic E-state index is 14.2. The Labute approximate surface area is 206 Å². The van der Waals surface area contributed by atoms with Crippen molar-refractivity contribution in [3.8, 4) is 0 Å². The number of halogens is 6. The predicted octanol–water partition coefficient (Wildman–Crippen LogP) is 6.38. The molecule has 3 aromatic rings. The number of aromatic nitrogens is 1. The molecule has 34 heavy (non-hydrogen) atoms. The molecule has 0 saturated heterocycles. The normalized spacial score (nSPS) is 17.6. The van der Waals surface area contributed by atoms with E-state index in [1.807, 2.05) is 0 Å². The van der Waals surface area contributed by atoms with Crippen molar-refractivity contribution in [2.45, 2.75) is 18.2 Å². The monoisotopic (exact) mass is 528 g/mol. The van der Waals surface area contributed by atoms with E-state index in [1.165, 1.54) is 48.8 Å². The first-order valence-electron chi connectivity index (χ1n) is 9.64. The maximum absolute atomic E-state index is 14.2. The first-order chi connectivity index (χ1) is 16.1. The van der Waals surface area contributed by atoms with Crippen LogP contribution in [0.2, 0.25) is 15.1 Å². The Hall–Kier alpha value is -3.01. The zero-order valence-electron chi connectivity index (χ0n) is 17.0. The van der Waals surface area contributed by atoms with Crippen molar-refractivity contribution in [1.29, 1.82) is 0 Å². The van der Waals surface area contributed by atoms with Crippen molar-refractivity contribution in [3.05, 3.63) is 92.7 Å². The van der Waals surface area contributed by atoms with Gasteiger partial charge in [-0.3, -0.25) is 20.6 Å². The molecule has 6 nitrogen and oxygen atoms in total. The lowest BCUT2D eigenvalue weighted by atomic mass is 9.86. The summed E-state index contributed by atoms with van der Waals surface area (Å²) in [4.78, 5) is 21.1. The third-order valence-corrected chi connectivity index (χ3v) is 5.83. The molecular formula is C22H14Cl3F3N4O2. The van der Waals surface area contributed by atoms with Gasteiger partial charge in [0.15, 0.2) is 0 Å². The molecule has 12 heteroatoms. The number of alkyl halides is 3. The highest BCUT2D eigenvalue weighted by Crippen LogP contribution is 2.49. The summed E-state index contributed by atoms with van der Waals surface area (Å²) in [6, 6.07) is 11.0. The zero-order chi connectivity index (χ0) is 24.5. The number of pyridine rings is 1. The van der Waals surface area contributed by atoms with Gasteiger partial charge >= 0.3 is 6.18 Å². The molecule has 2 heterocycles. The van der Waals surface area contributed by atoms with Crippen LogP contribution in [0.15, 0.2) is 66.1 Å². The number of carbonyl (C=O) groups excluding carboxylic acids is 1. The maximum Gasteiger partial charge on any atom is 0.435 e. The van der Waals surface area contributed by atoms with Gasteiger partial charge in [0.2, 0.25) is 0 Å². The molecule has 0 radical (unpaired) electrons. The van der Waals surface area contributed by atoms with Gasteiger partial charge in [0.25, 0.3) is 11.5 Å². The van der Waals surface area contributed by atoms with Gasteiger partial charge in [-0.1, -0.05) is 46.0 Å². The largest absolute Gasteiger partial charge is 0.435 e. The van der Waals surface area contributed by atoms with Crippen molar-refractivity contribution in [2.24, 2.45) is 5.16 Å². The van der Waals surface area contributed by atoms with Gasteiger partial charge in [0, 0.05) is 45.6 Å². The van der Waals surface area contributed by atoms with Crippen LogP contribution in [0, 0.1) is 0 Å². The Morgan fingerprint density at radius 2 is 1.68 bits per heavy atom. The number of amides is 1. The number of hydrogen-bond donors (Lipinski definition) is 2. The third kappa shape index (κ3) is 4.77. The Bertz CT molecular complexity index is 1250. The Morgan fingerprint density at radius 3 is 2.32 bits per heavy atom. The van der Waals surface area contributed by atoms with Gasteiger partial charge in [0.1, 0.15) is 0 Å². The fraction of sp³-hybridized carbons (Fsp3) is 0.136. The second-order valence-corrected chi connectivity index (χ2v) is 8.58. The summed E-state index contributed by atoms with van der Waals surface area (Å²) in [5, 5.41) is 4.01. The highest BCUT2D eigenvalue weighted by Gasteiger charge is 2.62. The number of hydrogen-bond acceptors (Lipinski definition) is 5. The summed E-state index contributed by atoms with van der Waals surface area (Å²) < 4.78 is 42.6. The summed E-state index contributed by atoms with van der Waals surface area (Å²) in [6.45, 7) is 0. The van der Waals surface area contributed by atoms with Crippen LogP contribution in [0.3, 0.4) is 0 Å². The van der Waals surface area contributed by atoms with Crippen LogP contribution in [0.25, 0.3) is 0 Å². The molecule has 0 fully saturated rings. The first-order valence-corrected chi connectivity index (χ1v) is 10.8. The SMILES string of the molecule is O=C(NNc1cc(C2=NOC(c3cc(Cl)cc(Cl)c3)(C(F)(F)F)C2)ccc1Cl)c1ccncc1. The van der Waals surface area contributed by atoms with Crippen LogP contribution in [-0.4, -0.2) is 22.8 Å². The van der Waals surface area contributed by atoms with Gasteiger partial charge < -0.3 is 4.84 Å². The Balaban J connectivity index is 1.58. The average molecular weight is 530 g/mol. The molecule has 0 saturated carbocycles. The second kappa shape index (κ2) is 9.32. The summed E-state index contributed by atoms with van der Waals surface area (Å²) in [5.74, 6) is -0.459. The Kier molecular flexibility index (Phi) is 6.62. The van der Waals surface area contributed by atoms with Crippen LogP contribution in [0.5, 0.6) is 0 Å². The summed E-state index contributed by atoms with van der Waals surface area (Å²) in [7, 11) is 0. The van der Waals surface area contributed by atoms with E-state index in [0.717, 1.165) is 12.1 Å². The van der Waals surface area contributed by atoms with Crippen molar-refractivity contribution in [1.82, 2.24) is 10.4 Å². The molecule has 1 aromatic heterocycles. The van der Waals surface area contributed by atoms with Gasteiger partial charge in [-0.15, -0.1) is 0 Å². The lowest BCUT2D eigenvalue weighted by molar-refractivity contribution is -0.275. The molecule has 0 bridgehead atoms. The number of anilines is 1. The van der Waals surface area contributed by atoms with E-state index in [0.29, 0.717) is 11.1 Å². The smallest absolute Gasteiger partial charge is 0.374 e. The minimum Gasteiger partial charge on any atom is -0.374 e. The predicted molar refractivity (Wildman–Crippen MR) is 123 cm³/mol. The number of hydrazine groups is 1. The highest BCUT2D eigenvalue weighted by molar-refractivity contribution is 6.34. The molecule has 1 atom stereocenters. The molecule has 1 aliphatic heterocycles. The number of benzene rings is 2. The molecule has 176 valence electrons. The van der Waals surface area contributed by atoms with E-state index < -0.39 is 24.1 Å². The van der Waals surface area contributed by atoms with Crippen LogP contribution in [0.4, 0.5) is 18.9 Å². The molecule has 0 aliphatic carbocycles. The molecule has 1 aliphatic rings. The molecule has 2 N–H and O–H groups in total. The Morgan fingerprint density at radius 1 is 1.00 bits per heavy atom. The lowest BCUT2D eigenvalue weighted by Crippen LogP contribution is -2.42. The second-order valence-electron chi connectivity index (χ2n) is 7.30. The van der Waals surface area contributed by atoms with Crippen molar-refractivity contribution < 1.29 is 22.8 Å². The number of carbonyl (C=O) groups is 1. The van der Waals surface area contributed by atoms with Gasteiger partial charge in [0.05, 0.1) is 16.4 Å². The van der Waals surface area contributed by atoms with Gasteiger partial charge in [-0.05, 0) is 42.5 Å². The quantitative estimate of drug-likeness (QED) is 0.376. The minimum absolute atomic E-state index is 0.0219. The summed E-state index contributed by atoms with van der Waals surface area (Å²) in [5.41, 5.74) is 3.03.